The Hall–Kier alpha value is -0.830. The number of hydrogen-bond donors (Lipinski definition) is 1. The van der Waals surface area contributed by atoms with E-state index in [4.69, 9.17) is 5.73 Å². The lowest BCUT2D eigenvalue weighted by Gasteiger charge is -2.30. The summed E-state index contributed by atoms with van der Waals surface area (Å²) in [7, 11) is 0. The van der Waals surface area contributed by atoms with Crippen LogP contribution in [0, 0.1) is 5.92 Å². The van der Waals surface area contributed by atoms with Gasteiger partial charge in [-0.1, -0.05) is 12.2 Å². The highest BCUT2D eigenvalue weighted by atomic mass is 16.2. The summed E-state index contributed by atoms with van der Waals surface area (Å²) in [5, 5.41) is 0. The van der Waals surface area contributed by atoms with Crippen molar-refractivity contribution in [3.8, 4) is 0 Å². The number of carbonyl (C=O) groups excluding carboxylic acids is 1. The van der Waals surface area contributed by atoms with Crippen LogP contribution >= 0.6 is 0 Å². The molecule has 16 heavy (non-hydrogen) atoms. The third kappa shape index (κ3) is 3.63. The molecule has 0 spiro atoms. The van der Waals surface area contributed by atoms with E-state index in [1.54, 1.807) is 0 Å². The zero-order valence-corrected chi connectivity index (χ0v) is 10.5. The first-order valence-electron chi connectivity index (χ1n) is 6.23. The highest BCUT2D eigenvalue weighted by Gasteiger charge is 2.27. The standard InChI is InChI=1S/C13H24N2O/c1-4-15(9-10(2)3)13(16)11-5-7-12(14)8-6-11/h11-12H,2,4-9,14H2,1,3H3. The number of amides is 1. The molecule has 1 aliphatic carbocycles. The zero-order chi connectivity index (χ0) is 12.1. The molecular weight excluding hydrogens is 200 g/mol. The van der Waals surface area contributed by atoms with Crippen LogP contribution in [0.5, 0.6) is 0 Å². The van der Waals surface area contributed by atoms with E-state index < -0.39 is 0 Å². The quantitative estimate of drug-likeness (QED) is 0.742. The lowest BCUT2D eigenvalue weighted by Crippen LogP contribution is -2.40. The van der Waals surface area contributed by atoms with Gasteiger partial charge >= 0.3 is 0 Å². The van der Waals surface area contributed by atoms with E-state index in [2.05, 4.69) is 6.58 Å². The van der Waals surface area contributed by atoms with Crippen LogP contribution in [0.3, 0.4) is 0 Å². The summed E-state index contributed by atoms with van der Waals surface area (Å²) in [5.41, 5.74) is 6.89. The van der Waals surface area contributed by atoms with Crippen molar-refractivity contribution < 1.29 is 4.79 Å². The summed E-state index contributed by atoms with van der Waals surface area (Å²) in [4.78, 5) is 14.1. The van der Waals surface area contributed by atoms with Crippen LogP contribution in [0.2, 0.25) is 0 Å². The molecule has 2 N–H and O–H groups in total. The minimum absolute atomic E-state index is 0.194. The van der Waals surface area contributed by atoms with Gasteiger partial charge in [-0.25, -0.2) is 0 Å². The SMILES string of the molecule is C=C(C)CN(CC)C(=O)C1CCC(N)CC1. The van der Waals surface area contributed by atoms with Gasteiger partial charge in [0.25, 0.3) is 0 Å². The molecule has 0 aliphatic heterocycles. The molecular formula is C13H24N2O. The van der Waals surface area contributed by atoms with E-state index in [0.29, 0.717) is 12.6 Å². The van der Waals surface area contributed by atoms with Gasteiger partial charge in [0.2, 0.25) is 5.91 Å². The van der Waals surface area contributed by atoms with Crippen LogP contribution < -0.4 is 5.73 Å². The van der Waals surface area contributed by atoms with Gasteiger partial charge in [0.05, 0.1) is 0 Å². The van der Waals surface area contributed by atoms with E-state index in [9.17, 15) is 4.79 Å². The molecule has 3 heteroatoms. The minimum Gasteiger partial charge on any atom is -0.339 e. The van der Waals surface area contributed by atoms with Gasteiger partial charge in [0.1, 0.15) is 0 Å². The van der Waals surface area contributed by atoms with Gasteiger partial charge in [0.15, 0.2) is 0 Å². The Labute approximate surface area is 98.7 Å². The summed E-state index contributed by atoms with van der Waals surface area (Å²) in [6.45, 7) is 9.32. The summed E-state index contributed by atoms with van der Waals surface area (Å²) >= 11 is 0. The van der Waals surface area contributed by atoms with E-state index in [-0.39, 0.29) is 11.8 Å². The maximum absolute atomic E-state index is 12.2. The van der Waals surface area contributed by atoms with Crippen molar-refractivity contribution in [3.05, 3.63) is 12.2 Å². The highest BCUT2D eigenvalue weighted by molar-refractivity contribution is 5.79. The molecule has 0 aromatic carbocycles. The van der Waals surface area contributed by atoms with Crippen molar-refractivity contribution in [2.24, 2.45) is 11.7 Å². The molecule has 1 aliphatic rings. The van der Waals surface area contributed by atoms with Gasteiger partial charge in [-0.2, -0.15) is 0 Å². The molecule has 0 aromatic heterocycles. The van der Waals surface area contributed by atoms with Gasteiger partial charge < -0.3 is 10.6 Å². The number of carbonyl (C=O) groups is 1. The zero-order valence-electron chi connectivity index (χ0n) is 10.5. The second-order valence-electron chi connectivity index (χ2n) is 4.92. The van der Waals surface area contributed by atoms with E-state index >= 15 is 0 Å². The first kappa shape index (κ1) is 13.2. The Morgan fingerprint density at radius 1 is 1.38 bits per heavy atom. The van der Waals surface area contributed by atoms with Crippen molar-refractivity contribution in [1.82, 2.24) is 4.90 Å². The highest BCUT2D eigenvalue weighted by Crippen LogP contribution is 2.25. The first-order valence-corrected chi connectivity index (χ1v) is 6.23. The molecule has 0 radical (unpaired) electrons. The summed E-state index contributed by atoms with van der Waals surface area (Å²) < 4.78 is 0. The van der Waals surface area contributed by atoms with Gasteiger partial charge in [-0.3, -0.25) is 4.79 Å². The third-order valence-electron chi connectivity index (χ3n) is 3.28. The Bertz CT molecular complexity index is 255. The fourth-order valence-electron chi connectivity index (χ4n) is 2.30. The van der Waals surface area contributed by atoms with E-state index in [1.807, 2.05) is 18.7 Å². The van der Waals surface area contributed by atoms with Crippen LogP contribution in [0.1, 0.15) is 39.5 Å². The number of nitrogens with two attached hydrogens (primary N) is 1. The molecule has 3 nitrogen and oxygen atoms in total. The Morgan fingerprint density at radius 3 is 2.38 bits per heavy atom. The van der Waals surface area contributed by atoms with Crippen molar-refractivity contribution in [3.63, 3.8) is 0 Å². The monoisotopic (exact) mass is 224 g/mol. The van der Waals surface area contributed by atoms with E-state index in [1.165, 1.54) is 0 Å². The second kappa shape index (κ2) is 6.04. The maximum Gasteiger partial charge on any atom is 0.225 e. The van der Waals surface area contributed by atoms with Crippen LogP contribution in [0.25, 0.3) is 0 Å². The molecule has 1 saturated carbocycles. The molecule has 1 amide bonds. The molecule has 1 rings (SSSR count). The summed E-state index contributed by atoms with van der Waals surface area (Å²) in [6, 6.07) is 0.306. The van der Waals surface area contributed by atoms with Crippen molar-refractivity contribution >= 4 is 5.91 Å². The first-order chi connectivity index (χ1) is 7.54. The van der Waals surface area contributed by atoms with Crippen LogP contribution in [-0.2, 0) is 4.79 Å². The Kier molecular flexibility index (Phi) is 5.00. The molecule has 0 bridgehead atoms. The molecule has 0 atom stereocenters. The molecule has 0 saturated heterocycles. The normalized spacial score (nSPS) is 25.2. The smallest absolute Gasteiger partial charge is 0.225 e. The second-order valence-corrected chi connectivity index (χ2v) is 4.92. The van der Waals surface area contributed by atoms with Crippen molar-refractivity contribution in [1.29, 1.82) is 0 Å². The molecule has 1 fully saturated rings. The summed E-state index contributed by atoms with van der Waals surface area (Å²) in [5.74, 6) is 0.483. The predicted octanol–water partition coefficient (Wildman–Crippen LogP) is 1.93. The lowest BCUT2D eigenvalue weighted by molar-refractivity contribution is -0.136. The number of rotatable bonds is 4. The third-order valence-corrected chi connectivity index (χ3v) is 3.28. The molecule has 92 valence electrons. The lowest BCUT2D eigenvalue weighted by atomic mass is 9.85. The van der Waals surface area contributed by atoms with Crippen LogP contribution in [0.4, 0.5) is 0 Å². The average molecular weight is 224 g/mol. The fraction of sp³-hybridized carbons (Fsp3) is 0.769. The largest absolute Gasteiger partial charge is 0.339 e. The molecule has 0 unspecified atom stereocenters. The van der Waals surface area contributed by atoms with E-state index in [0.717, 1.165) is 37.8 Å². The average Bonchev–Trinajstić information content (AvgIpc) is 2.25. The van der Waals surface area contributed by atoms with Crippen molar-refractivity contribution in [2.45, 2.75) is 45.6 Å². The maximum atomic E-state index is 12.2. The van der Waals surface area contributed by atoms with Gasteiger partial charge in [-0.15, -0.1) is 0 Å². The minimum atomic E-state index is 0.194. The predicted molar refractivity (Wildman–Crippen MR) is 67.0 cm³/mol. The van der Waals surface area contributed by atoms with Gasteiger partial charge in [0, 0.05) is 25.0 Å². The molecule has 0 heterocycles. The number of hydrogen-bond acceptors (Lipinski definition) is 2. The van der Waals surface area contributed by atoms with Crippen LogP contribution in [-0.4, -0.2) is 29.9 Å². The summed E-state index contributed by atoms with van der Waals surface area (Å²) in [6.07, 6.45) is 3.88. The number of nitrogens with zero attached hydrogens (tertiary/aromatic N) is 1. The van der Waals surface area contributed by atoms with Gasteiger partial charge in [-0.05, 0) is 39.5 Å². The fourth-order valence-corrected chi connectivity index (χ4v) is 2.30. The Balaban J connectivity index is 2.51. The van der Waals surface area contributed by atoms with Crippen molar-refractivity contribution in [2.75, 3.05) is 13.1 Å². The topological polar surface area (TPSA) is 46.3 Å². The Morgan fingerprint density at radius 2 is 1.94 bits per heavy atom. The van der Waals surface area contributed by atoms with Crippen LogP contribution in [0.15, 0.2) is 12.2 Å². The number of likely N-dealkylation sites (N-methyl/N-ethyl adjacent to an activating group) is 1. The molecule has 0 aromatic rings.